The summed E-state index contributed by atoms with van der Waals surface area (Å²) in [5.41, 5.74) is 2.06. The molecule has 0 saturated carbocycles. The minimum Gasteiger partial charge on any atom is -0.356 e. The molecule has 1 amide bonds. The largest absolute Gasteiger partial charge is 0.356 e. The van der Waals surface area contributed by atoms with Crippen LogP contribution >= 0.6 is 0 Å². The molecule has 0 aromatic heterocycles. The predicted octanol–water partition coefficient (Wildman–Crippen LogP) is 2.76. The van der Waals surface area contributed by atoms with Crippen molar-refractivity contribution >= 4 is 15.9 Å². The Balaban J connectivity index is 1.87. The van der Waals surface area contributed by atoms with Crippen LogP contribution in [0, 0.1) is 0 Å². The summed E-state index contributed by atoms with van der Waals surface area (Å²) in [6.07, 6.45) is 2.07. The molecule has 0 saturated heterocycles. The van der Waals surface area contributed by atoms with E-state index in [2.05, 4.69) is 5.32 Å². The molecule has 26 heavy (non-hydrogen) atoms. The Bertz CT molecular complexity index is 792. The fourth-order valence-electron chi connectivity index (χ4n) is 2.84. The first-order valence-corrected chi connectivity index (χ1v) is 10.5. The second-order valence-electron chi connectivity index (χ2n) is 6.30. The molecule has 0 heterocycles. The van der Waals surface area contributed by atoms with Crippen LogP contribution in [0.15, 0.2) is 60.7 Å². The zero-order valence-electron chi connectivity index (χ0n) is 15.3. The van der Waals surface area contributed by atoms with E-state index in [-0.39, 0.29) is 24.9 Å². The molecule has 1 atom stereocenters. The third kappa shape index (κ3) is 6.28. The first-order chi connectivity index (χ1) is 12.4. The van der Waals surface area contributed by atoms with Crippen molar-refractivity contribution < 1.29 is 13.2 Å². The van der Waals surface area contributed by atoms with E-state index in [9.17, 15) is 13.2 Å². The maximum Gasteiger partial charge on any atom is 0.221 e. The minimum absolute atomic E-state index is 0.138. The van der Waals surface area contributed by atoms with Gasteiger partial charge in [0.05, 0.1) is 6.26 Å². The van der Waals surface area contributed by atoms with Gasteiger partial charge in [0.2, 0.25) is 15.9 Å². The zero-order chi connectivity index (χ0) is 19.0. The fourth-order valence-corrected chi connectivity index (χ4v) is 3.95. The highest BCUT2D eigenvalue weighted by Gasteiger charge is 2.24. The van der Waals surface area contributed by atoms with E-state index < -0.39 is 10.0 Å². The average molecular weight is 375 g/mol. The van der Waals surface area contributed by atoms with Gasteiger partial charge in [-0.2, -0.15) is 4.31 Å². The molecule has 0 aliphatic heterocycles. The fraction of sp³-hybridized carbons (Fsp3) is 0.350. The molecule has 0 spiro atoms. The van der Waals surface area contributed by atoms with E-state index in [1.165, 1.54) is 10.6 Å². The standard InChI is InChI=1S/C20H26N2O3S/c1-17(19-11-7-4-8-12-19)22(26(2,24)25)16-14-20(23)21-15-13-18-9-5-3-6-10-18/h3-12,17H,13-16H2,1-2H3,(H,21,23). The van der Waals surface area contributed by atoms with Gasteiger partial charge in [-0.25, -0.2) is 8.42 Å². The highest BCUT2D eigenvalue weighted by atomic mass is 32.2. The van der Waals surface area contributed by atoms with Gasteiger partial charge in [-0.15, -0.1) is 0 Å². The van der Waals surface area contributed by atoms with E-state index in [0.29, 0.717) is 6.54 Å². The summed E-state index contributed by atoms with van der Waals surface area (Å²) in [6, 6.07) is 19.0. The molecule has 0 radical (unpaired) electrons. The van der Waals surface area contributed by atoms with Crippen molar-refractivity contribution in [2.24, 2.45) is 0 Å². The Labute approximate surface area is 156 Å². The average Bonchev–Trinajstić information content (AvgIpc) is 2.62. The zero-order valence-corrected chi connectivity index (χ0v) is 16.1. The maximum absolute atomic E-state index is 12.2. The van der Waals surface area contributed by atoms with Gasteiger partial charge in [-0.1, -0.05) is 60.7 Å². The van der Waals surface area contributed by atoms with Crippen molar-refractivity contribution in [1.29, 1.82) is 0 Å². The lowest BCUT2D eigenvalue weighted by Crippen LogP contribution is -2.36. The third-order valence-corrected chi connectivity index (χ3v) is 5.63. The lowest BCUT2D eigenvalue weighted by Gasteiger charge is -2.27. The molecule has 2 aromatic rings. The summed E-state index contributed by atoms with van der Waals surface area (Å²) < 4.78 is 25.7. The van der Waals surface area contributed by atoms with Crippen LogP contribution in [0.1, 0.15) is 30.5 Å². The molecule has 2 rings (SSSR count). The van der Waals surface area contributed by atoms with Crippen molar-refractivity contribution in [3.05, 3.63) is 71.8 Å². The van der Waals surface area contributed by atoms with E-state index in [4.69, 9.17) is 0 Å². The van der Waals surface area contributed by atoms with Crippen LogP contribution in [-0.4, -0.2) is 38.0 Å². The van der Waals surface area contributed by atoms with Crippen molar-refractivity contribution in [3.8, 4) is 0 Å². The maximum atomic E-state index is 12.2. The normalized spacial score (nSPS) is 12.7. The Morgan fingerprint density at radius 3 is 2.19 bits per heavy atom. The summed E-state index contributed by atoms with van der Waals surface area (Å²) >= 11 is 0. The van der Waals surface area contributed by atoms with Crippen LogP contribution in [0.5, 0.6) is 0 Å². The molecular weight excluding hydrogens is 348 g/mol. The molecule has 0 aliphatic rings. The van der Waals surface area contributed by atoms with E-state index in [1.807, 2.05) is 67.6 Å². The van der Waals surface area contributed by atoms with E-state index >= 15 is 0 Å². The Kier molecular flexibility index (Phi) is 7.36. The molecule has 0 bridgehead atoms. The third-order valence-electron chi connectivity index (χ3n) is 4.28. The van der Waals surface area contributed by atoms with Crippen LogP contribution < -0.4 is 5.32 Å². The predicted molar refractivity (Wildman–Crippen MR) is 104 cm³/mol. The summed E-state index contributed by atoms with van der Waals surface area (Å²) in [4.78, 5) is 12.1. The van der Waals surface area contributed by atoms with Gasteiger partial charge in [-0.05, 0) is 24.5 Å². The van der Waals surface area contributed by atoms with Crippen LogP contribution in [0.2, 0.25) is 0 Å². The Morgan fingerprint density at radius 2 is 1.62 bits per heavy atom. The van der Waals surface area contributed by atoms with E-state index in [1.54, 1.807) is 0 Å². The number of amides is 1. The number of rotatable bonds is 9. The molecule has 0 aliphatic carbocycles. The van der Waals surface area contributed by atoms with Gasteiger partial charge in [0.25, 0.3) is 0 Å². The molecule has 5 nitrogen and oxygen atoms in total. The Hall–Kier alpha value is -2.18. The number of nitrogens with one attached hydrogen (secondary N) is 1. The van der Waals surface area contributed by atoms with E-state index in [0.717, 1.165) is 17.5 Å². The number of nitrogens with zero attached hydrogens (tertiary/aromatic N) is 1. The highest BCUT2D eigenvalue weighted by Crippen LogP contribution is 2.22. The van der Waals surface area contributed by atoms with Gasteiger partial charge in [-0.3, -0.25) is 4.79 Å². The Morgan fingerprint density at radius 1 is 1.04 bits per heavy atom. The molecule has 6 heteroatoms. The van der Waals surface area contributed by atoms with Gasteiger partial charge >= 0.3 is 0 Å². The second-order valence-corrected chi connectivity index (χ2v) is 8.23. The van der Waals surface area contributed by atoms with Gasteiger partial charge in [0.1, 0.15) is 0 Å². The number of carbonyl (C=O) groups is 1. The summed E-state index contributed by atoms with van der Waals surface area (Å²) in [5.74, 6) is -0.144. The molecule has 140 valence electrons. The monoisotopic (exact) mass is 374 g/mol. The quantitative estimate of drug-likeness (QED) is 0.734. The summed E-state index contributed by atoms with van der Waals surface area (Å²) in [5, 5.41) is 2.86. The number of hydrogen-bond acceptors (Lipinski definition) is 3. The van der Waals surface area contributed by atoms with Crippen molar-refractivity contribution in [1.82, 2.24) is 9.62 Å². The number of benzene rings is 2. The van der Waals surface area contributed by atoms with Crippen LogP contribution in [0.3, 0.4) is 0 Å². The van der Waals surface area contributed by atoms with Crippen molar-refractivity contribution in [3.63, 3.8) is 0 Å². The van der Waals surface area contributed by atoms with Gasteiger partial charge in [0.15, 0.2) is 0 Å². The molecule has 2 aromatic carbocycles. The van der Waals surface area contributed by atoms with Crippen molar-refractivity contribution in [2.45, 2.75) is 25.8 Å². The van der Waals surface area contributed by atoms with Gasteiger partial charge < -0.3 is 5.32 Å². The van der Waals surface area contributed by atoms with Crippen molar-refractivity contribution in [2.75, 3.05) is 19.3 Å². The summed E-state index contributed by atoms with van der Waals surface area (Å²) in [7, 11) is -3.42. The minimum atomic E-state index is -3.42. The van der Waals surface area contributed by atoms with Crippen LogP contribution in [0.4, 0.5) is 0 Å². The smallest absolute Gasteiger partial charge is 0.221 e. The highest BCUT2D eigenvalue weighted by molar-refractivity contribution is 7.88. The van der Waals surface area contributed by atoms with Gasteiger partial charge in [0, 0.05) is 25.6 Å². The molecule has 1 N–H and O–H groups in total. The number of hydrogen-bond donors (Lipinski definition) is 1. The molecule has 1 unspecified atom stereocenters. The molecule has 0 fully saturated rings. The first kappa shape index (κ1) is 20.1. The first-order valence-electron chi connectivity index (χ1n) is 8.70. The van der Waals surface area contributed by atoms with Crippen LogP contribution in [0.25, 0.3) is 0 Å². The van der Waals surface area contributed by atoms with Crippen LogP contribution in [-0.2, 0) is 21.2 Å². The SMILES string of the molecule is CC(c1ccccc1)N(CCC(=O)NCCc1ccccc1)S(C)(=O)=O. The second kappa shape index (κ2) is 9.50. The number of sulfonamides is 1. The topological polar surface area (TPSA) is 66.5 Å². The summed E-state index contributed by atoms with van der Waals surface area (Å²) in [6.45, 7) is 2.53. The number of carbonyl (C=O) groups excluding carboxylic acids is 1. The lowest BCUT2D eigenvalue weighted by molar-refractivity contribution is -0.121. The lowest BCUT2D eigenvalue weighted by atomic mass is 10.1. The molecular formula is C20H26N2O3S.